The van der Waals surface area contributed by atoms with Gasteiger partial charge in [-0.05, 0) is 50.9 Å². The zero-order valence-electron chi connectivity index (χ0n) is 10.4. The summed E-state index contributed by atoms with van der Waals surface area (Å²) in [6.45, 7) is 8.98. The molecule has 1 aromatic rings. The monoisotopic (exact) mass is 240 g/mol. The maximum atomic E-state index is 6.31. The van der Waals surface area contributed by atoms with Gasteiger partial charge in [0, 0.05) is 13.1 Å². The fourth-order valence-corrected chi connectivity index (χ4v) is 2.46. The first-order valence-corrected chi connectivity index (χ1v) is 6.19. The van der Waals surface area contributed by atoms with E-state index in [9.17, 15) is 0 Å². The number of hydrogen-bond acceptors (Lipinski definition) is 2. The molecule has 0 aliphatic heterocycles. The number of nitrogens with zero attached hydrogens (tertiary/aromatic N) is 1. The third kappa shape index (κ3) is 3.13. The molecule has 0 fully saturated rings. The minimum absolute atomic E-state index is 0.721. The molecule has 2 N–H and O–H groups in total. The van der Waals surface area contributed by atoms with Crippen molar-refractivity contribution in [2.24, 2.45) is 5.73 Å². The van der Waals surface area contributed by atoms with E-state index >= 15 is 0 Å². The minimum atomic E-state index is 0.721. The van der Waals surface area contributed by atoms with Crippen molar-refractivity contribution in [1.29, 1.82) is 0 Å². The molecule has 0 radical (unpaired) electrons. The van der Waals surface area contributed by atoms with Crippen LogP contribution in [-0.2, 0) is 0 Å². The van der Waals surface area contributed by atoms with Crippen LogP contribution in [0.2, 0.25) is 5.02 Å². The van der Waals surface area contributed by atoms with Gasteiger partial charge in [0.1, 0.15) is 0 Å². The normalized spacial score (nSPS) is 10.6. The van der Waals surface area contributed by atoms with E-state index in [1.54, 1.807) is 0 Å². The summed E-state index contributed by atoms with van der Waals surface area (Å²) < 4.78 is 0. The molecular formula is C13H21ClN2. The quantitative estimate of drug-likeness (QED) is 0.857. The average molecular weight is 241 g/mol. The molecule has 0 saturated heterocycles. The van der Waals surface area contributed by atoms with Crippen molar-refractivity contribution >= 4 is 17.3 Å². The van der Waals surface area contributed by atoms with Crippen LogP contribution in [0.3, 0.4) is 0 Å². The molecule has 0 aliphatic rings. The SMILES string of the molecule is CCN(CCCN)c1c(C)cc(C)cc1Cl. The van der Waals surface area contributed by atoms with E-state index in [0.717, 1.165) is 36.8 Å². The first-order valence-electron chi connectivity index (χ1n) is 5.82. The van der Waals surface area contributed by atoms with Gasteiger partial charge in [0.15, 0.2) is 0 Å². The zero-order chi connectivity index (χ0) is 12.1. The number of hydrogen-bond donors (Lipinski definition) is 1. The fraction of sp³-hybridized carbons (Fsp3) is 0.538. The van der Waals surface area contributed by atoms with Crippen LogP contribution in [0.15, 0.2) is 12.1 Å². The summed E-state index contributed by atoms with van der Waals surface area (Å²) >= 11 is 6.31. The van der Waals surface area contributed by atoms with E-state index in [1.165, 1.54) is 11.1 Å². The minimum Gasteiger partial charge on any atom is -0.370 e. The Hall–Kier alpha value is -0.730. The smallest absolute Gasteiger partial charge is 0.0644 e. The van der Waals surface area contributed by atoms with E-state index in [1.807, 2.05) is 6.07 Å². The van der Waals surface area contributed by atoms with E-state index < -0.39 is 0 Å². The largest absolute Gasteiger partial charge is 0.370 e. The molecule has 0 amide bonds. The van der Waals surface area contributed by atoms with Gasteiger partial charge in [0.05, 0.1) is 10.7 Å². The molecule has 90 valence electrons. The molecule has 3 heteroatoms. The van der Waals surface area contributed by atoms with Crippen molar-refractivity contribution in [3.63, 3.8) is 0 Å². The van der Waals surface area contributed by atoms with Crippen LogP contribution >= 0.6 is 11.6 Å². The predicted octanol–water partition coefficient (Wildman–Crippen LogP) is 3.13. The predicted molar refractivity (Wildman–Crippen MR) is 72.5 cm³/mol. The molecule has 0 aromatic heterocycles. The van der Waals surface area contributed by atoms with Crippen molar-refractivity contribution in [2.75, 3.05) is 24.5 Å². The highest BCUT2D eigenvalue weighted by Crippen LogP contribution is 2.30. The van der Waals surface area contributed by atoms with Crippen molar-refractivity contribution in [3.8, 4) is 0 Å². The molecule has 1 aromatic carbocycles. The van der Waals surface area contributed by atoms with Crippen molar-refractivity contribution < 1.29 is 0 Å². The summed E-state index contributed by atoms with van der Waals surface area (Å²) in [7, 11) is 0. The molecule has 0 saturated carbocycles. The van der Waals surface area contributed by atoms with Gasteiger partial charge < -0.3 is 10.6 Å². The second kappa shape index (κ2) is 6.12. The van der Waals surface area contributed by atoms with Gasteiger partial charge in [0.25, 0.3) is 0 Å². The highest BCUT2D eigenvalue weighted by molar-refractivity contribution is 6.33. The average Bonchev–Trinajstić information content (AvgIpc) is 2.21. The molecule has 0 aliphatic carbocycles. The summed E-state index contributed by atoms with van der Waals surface area (Å²) in [6, 6.07) is 4.20. The van der Waals surface area contributed by atoms with Crippen molar-refractivity contribution in [2.45, 2.75) is 27.2 Å². The van der Waals surface area contributed by atoms with E-state index in [2.05, 4.69) is 31.7 Å². The highest BCUT2D eigenvalue weighted by Gasteiger charge is 2.11. The lowest BCUT2D eigenvalue weighted by Gasteiger charge is -2.26. The molecule has 16 heavy (non-hydrogen) atoms. The maximum absolute atomic E-state index is 6.31. The lowest BCUT2D eigenvalue weighted by Crippen LogP contribution is -2.26. The number of halogens is 1. The van der Waals surface area contributed by atoms with Gasteiger partial charge in [-0.3, -0.25) is 0 Å². The number of nitrogens with two attached hydrogens (primary N) is 1. The zero-order valence-corrected chi connectivity index (χ0v) is 11.1. The number of benzene rings is 1. The molecular weight excluding hydrogens is 220 g/mol. The van der Waals surface area contributed by atoms with Crippen LogP contribution in [0, 0.1) is 13.8 Å². The van der Waals surface area contributed by atoms with Crippen molar-refractivity contribution in [3.05, 3.63) is 28.3 Å². The summed E-state index contributed by atoms with van der Waals surface area (Å²) in [4.78, 5) is 2.30. The van der Waals surface area contributed by atoms with Crippen LogP contribution in [0.4, 0.5) is 5.69 Å². The highest BCUT2D eigenvalue weighted by atomic mass is 35.5. The number of aryl methyl sites for hydroxylation is 2. The van der Waals surface area contributed by atoms with E-state index in [4.69, 9.17) is 17.3 Å². The van der Waals surface area contributed by atoms with Gasteiger partial charge in [-0.15, -0.1) is 0 Å². The third-order valence-corrected chi connectivity index (χ3v) is 3.02. The lowest BCUT2D eigenvalue weighted by molar-refractivity contribution is 0.752. The summed E-state index contributed by atoms with van der Waals surface area (Å²) in [5, 5.41) is 0.844. The lowest BCUT2D eigenvalue weighted by atomic mass is 10.1. The summed E-state index contributed by atoms with van der Waals surface area (Å²) in [5.74, 6) is 0. The van der Waals surface area contributed by atoms with Crippen LogP contribution in [0.5, 0.6) is 0 Å². The summed E-state index contributed by atoms with van der Waals surface area (Å²) in [6.07, 6.45) is 0.998. The van der Waals surface area contributed by atoms with Gasteiger partial charge in [-0.2, -0.15) is 0 Å². The maximum Gasteiger partial charge on any atom is 0.0644 e. The van der Waals surface area contributed by atoms with Gasteiger partial charge in [-0.25, -0.2) is 0 Å². The Morgan fingerprint density at radius 1 is 1.31 bits per heavy atom. The number of rotatable bonds is 5. The Balaban J connectivity index is 2.99. The number of anilines is 1. The Labute approximate surface area is 103 Å². The molecule has 0 heterocycles. The summed E-state index contributed by atoms with van der Waals surface area (Å²) in [5.41, 5.74) is 9.15. The van der Waals surface area contributed by atoms with Gasteiger partial charge in [0.2, 0.25) is 0 Å². The Bertz CT molecular complexity index is 327. The van der Waals surface area contributed by atoms with Crippen LogP contribution in [0.1, 0.15) is 24.5 Å². The van der Waals surface area contributed by atoms with E-state index in [0.29, 0.717) is 0 Å². The topological polar surface area (TPSA) is 29.3 Å². The van der Waals surface area contributed by atoms with E-state index in [-0.39, 0.29) is 0 Å². The first-order chi connectivity index (χ1) is 7.60. The second-order valence-corrected chi connectivity index (χ2v) is 4.54. The van der Waals surface area contributed by atoms with Gasteiger partial charge >= 0.3 is 0 Å². The molecule has 0 atom stereocenters. The third-order valence-electron chi connectivity index (χ3n) is 2.73. The second-order valence-electron chi connectivity index (χ2n) is 4.13. The standard InChI is InChI=1S/C13H21ClN2/c1-4-16(7-5-6-15)13-11(3)8-10(2)9-12(13)14/h8-9H,4-7,15H2,1-3H3. The molecule has 0 unspecified atom stereocenters. The van der Waals surface area contributed by atoms with Crippen molar-refractivity contribution in [1.82, 2.24) is 0 Å². The Kier molecular flexibility index (Phi) is 5.10. The Morgan fingerprint density at radius 3 is 2.50 bits per heavy atom. The molecule has 0 bridgehead atoms. The fourth-order valence-electron chi connectivity index (χ4n) is 2.02. The van der Waals surface area contributed by atoms with Crippen LogP contribution in [-0.4, -0.2) is 19.6 Å². The molecule has 2 nitrogen and oxygen atoms in total. The Morgan fingerprint density at radius 2 is 2.00 bits per heavy atom. The van der Waals surface area contributed by atoms with Crippen LogP contribution < -0.4 is 10.6 Å². The van der Waals surface area contributed by atoms with Gasteiger partial charge in [-0.1, -0.05) is 17.7 Å². The molecule has 1 rings (SSSR count). The van der Waals surface area contributed by atoms with Crippen LogP contribution in [0.25, 0.3) is 0 Å². The molecule has 0 spiro atoms. The first kappa shape index (κ1) is 13.3.